The Morgan fingerprint density at radius 1 is 1.17 bits per heavy atom. The Kier molecular flexibility index (Phi) is 6.32. The average Bonchev–Trinajstić information content (AvgIpc) is 2.66. The van der Waals surface area contributed by atoms with Crippen molar-refractivity contribution in [1.82, 2.24) is 14.9 Å². The molecule has 8 heteroatoms. The molecule has 0 bridgehead atoms. The number of nitrogens with zero attached hydrogens (tertiary/aromatic N) is 2. The van der Waals surface area contributed by atoms with Gasteiger partial charge >= 0.3 is 0 Å². The first kappa shape index (κ1) is 21.0. The molecule has 0 aliphatic rings. The number of hydrogen-bond acceptors (Lipinski definition) is 4. The molecule has 152 valence electrons. The van der Waals surface area contributed by atoms with E-state index < -0.39 is 17.7 Å². The van der Waals surface area contributed by atoms with Crippen LogP contribution in [0.5, 0.6) is 0 Å². The minimum atomic E-state index is -0.713. The summed E-state index contributed by atoms with van der Waals surface area (Å²) in [5, 5.41) is 3.66. The lowest BCUT2D eigenvalue weighted by atomic mass is 10.1. The Balaban J connectivity index is 1.77. The molecule has 3 aromatic rings. The first-order valence-corrected chi connectivity index (χ1v) is 10.1. The van der Waals surface area contributed by atoms with Gasteiger partial charge in [0, 0.05) is 17.7 Å². The van der Waals surface area contributed by atoms with Crippen LogP contribution in [0.25, 0.3) is 10.9 Å². The zero-order chi connectivity index (χ0) is 21.1. The Labute approximate surface area is 171 Å². The predicted octanol–water partition coefficient (Wildman–Crippen LogP) is 4.23. The van der Waals surface area contributed by atoms with Gasteiger partial charge in [0.15, 0.2) is 5.16 Å². The van der Waals surface area contributed by atoms with E-state index in [2.05, 4.69) is 10.3 Å². The van der Waals surface area contributed by atoms with Crippen molar-refractivity contribution in [2.45, 2.75) is 38.0 Å². The minimum Gasteiger partial charge on any atom is -0.349 e. The summed E-state index contributed by atoms with van der Waals surface area (Å²) in [5.74, 6) is -1.72. The molecule has 1 heterocycles. The Hall–Kier alpha value is -2.74. The second kappa shape index (κ2) is 8.73. The molecule has 29 heavy (non-hydrogen) atoms. The van der Waals surface area contributed by atoms with E-state index in [-0.39, 0.29) is 28.8 Å². The lowest BCUT2D eigenvalue weighted by Gasteiger charge is -2.17. The van der Waals surface area contributed by atoms with Crippen molar-refractivity contribution in [3.05, 3.63) is 70.0 Å². The van der Waals surface area contributed by atoms with Crippen LogP contribution in [0.15, 0.2) is 52.4 Å². The van der Waals surface area contributed by atoms with Gasteiger partial charge in [-0.15, -0.1) is 0 Å². The highest BCUT2D eigenvalue weighted by molar-refractivity contribution is 7.99. The summed E-state index contributed by atoms with van der Waals surface area (Å²) in [6.07, 6.45) is 0. The van der Waals surface area contributed by atoms with E-state index in [4.69, 9.17) is 0 Å². The monoisotopic (exact) mass is 417 g/mol. The molecule has 0 unspecified atom stereocenters. The molecular formula is C21H21F2N3O2S. The van der Waals surface area contributed by atoms with Gasteiger partial charge < -0.3 is 5.32 Å². The Morgan fingerprint density at radius 2 is 1.90 bits per heavy atom. The predicted molar refractivity (Wildman–Crippen MR) is 110 cm³/mol. The lowest BCUT2D eigenvalue weighted by Crippen LogP contribution is -2.30. The van der Waals surface area contributed by atoms with Crippen LogP contribution in [0.3, 0.4) is 0 Å². The normalized spacial score (nSPS) is 12.3. The molecule has 0 saturated heterocycles. The summed E-state index contributed by atoms with van der Waals surface area (Å²) in [6.45, 7) is 5.37. The zero-order valence-electron chi connectivity index (χ0n) is 16.3. The number of thioether (sulfide) groups is 1. The summed E-state index contributed by atoms with van der Waals surface area (Å²) in [7, 11) is 0. The number of amides is 1. The smallest absolute Gasteiger partial charge is 0.262 e. The second-order valence-corrected chi connectivity index (χ2v) is 7.87. The van der Waals surface area contributed by atoms with Crippen molar-refractivity contribution >= 4 is 28.6 Å². The fraction of sp³-hybridized carbons (Fsp3) is 0.286. The van der Waals surface area contributed by atoms with Gasteiger partial charge in [0.2, 0.25) is 5.91 Å². The van der Waals surface area contributed by atoms with Gasteiger partial charge in [0.1, 0.15) is 11.6 Å². The SMILES string of the molecule is CC(C)n1c(SCC(=O)N[C@@H](C)c2ccc(F)cc2F)nc2ccccc2c1=O. The number of nitrogens with one attached hydrogen (secondary N) is 1. The summed E-state index contributed by atoms with van der Waals surface area (Å²) in [5.41, 5.74) is 0.613. The number of rotatable bonds is 6. The highest BCUT2D eigenvalue weighted by Crippen LogP contribution is 2.22. The quantitative estimate of drug-likeness (QED) is 0.482. The molecule has 0 spiro atoms. The highest BCUT2D eigenvalue weighted by atomic mass is 32.2. The molecule has 0 fully saturated rings. The third-order valence-corrected chi connectivity index (χ3v) is 5.38. The van der Waals surface area contributed by atoms with Crippen LogP contribution in [0.2, 0.25) is 0 Å². The van der Waals surface area contributed by atoms with Crippen LogP contribution >= 0.6 is 11.8 Å². The van der Waals surface area contributed by atoms with Crippen molar-refractivity contribution in [2.24, 2.45) is 0 Å². The molecule has 0 aliphatic heterocycles. The van der Waals surface area contributed by atoms with Crippen LogP contribution in [-0.4, -0.2) is 21.2 Å². The zero-order valence-corrected chi connectivity index (χ0v) is 17.1. The first-order valence-electron chi connectivity index (χ1n) is 9.16. The van der Waals surface area contributed by atoms with Crippen molar-refractivity contribution in [3.63, 3.8) is 0 Å². The van der Waals surface area contributed by atoms with Crippen LogP contribution in [-0.2, 0) is 4.79 Å². The molecule has 0 radical (unpaired) electrons. The minimum absolute atomic E-state index is 0.00462. The maximum absolute atomic E-state index is 13.9. The van der Waals surface area contributed by atoms with E-state index in [0.717, 1.165) is 23.9 Å². The van der Waals surface area contributed by atoms with Crippen molar-refractivity contribution < 1.29 is 13.6 Å². The highest BCUT2D eigenvalue weighted by Gasteiger charge is 2.17. The number of carbonyl (C=O) groups excluding carboxylic acids is 1. The van der Waals surface area contributed by atoms with E-state index in [1.54, 1.807) is 35.8 Å². The van der Waals surface area contributed by atoms with E-state index in [0.29, 0.717) is 16.1 Å². The van der Waals surface area contributed by atoms with Gasteiger partial charge in [-0.1, -0.05) is 30.0 Å². The average molecular weight is 417 g/mol. The van der Waals surface area contributed by atoms with E-state index in [1.807, 2.05) is 13.8 Å². The number of halogens is 2. The Bertz CT molecular complexity index is 1110. The van der Waals surface area contributed by atoms with Crippen molar-refractivity contribution in [1.29, 1.82) is 0 Å². The topological polar surface area (TPSA) is 64.0 Å². The third-order valence-electron chi connectivity index (χ3n) is 4.43. The molecule has 1 amide bonds. The third kappa shape index (κ3) is 4.64. The Morgan fingerprint density at radius 3 is 2.59 bits per heavy atom. The molecule has 2 aromatic carbocycles. The molecule has 0 aliphatic carbocycles. The van der Waals surface area contributed by atoms with Gasteiger partial charge in [0.05, 0.1) is 22.7 Å². The molecule has 3 rings (SSSR count). The van der Waals surface area contributed by atoms with Gasteiger partial charge in [-0.25, -0.2) is 13.8 Å². The molecule has 0 saturated carbocycles. The van der Waals surface area contributed by atoms with E-state index in [1.165, 1.54) is 6.07 Å². The van der Waals surface area contributed by atoms with Crippen molar-refractivity contribution in [2.75, 3.05) is 5.75 Å². The van der Waals surface area contributed by atoms with Crippen LogP contribution < -0.4 is 10.9 Å². The first-order chi connectivity index (χ1) is 13.8. The summed E-state index contributed by atoms with van der Waals surface area (Å²) < 4.78 is 28.5. The van der Waals surface area contributed by atoms with Gasteiger partial charge in [-0.05, 0) is 39.0 Å². The fourth-order valence-corrected chi connectivity index (χ4v) is 3.97. The number of aromatic nitrogens is 2. The second-order valence-electron chi connectivity index (χ2n) is 6.92. The van der Waals surface area contributed by atoms with Gasteiger partial charge in [-0.3, -0.25) is 14.2 Å². The maximum atomic E-state index is 13.9. The lowest BCUT2D eigenvalue weighted by molar-refractivity contribution is -0.119. The number of hydrogen-bond donors (Lipinski definition) is 1. The van der Waals surface area contributed by atoms with Crippen LogP contribution in [0.1, 0.15) is 38.4 Å². The van der Waals surface area contributed by atoms with E-state index >= 15 is 0 Å². The summed E-state index contributed by atoms with van der Waals surface area (Å²) >= 11 is 1.14. The maximum Gasteiger partial charge on any atom is 0.262 e. The molecule has 1 atom stereocenters. The van der Waals surface area contributed by atoms with E-state index in [9.17, 15) is 18.4 Å². The van der Waals surface area contributed by atoms with Gasteiger partial charge in [0.25, 0.3) is 5.56 Å². The standard InChI is InChI=1S/C21H21F2N3O2S/c1-12(2)26-20(28)16-6-4-5-7-18(16)25-21(26)29-11-19(27)24-13(3)15-9-8-14(22)10-17(15)23/h4-10,12-13H,11H2,1-3H3,(H,24,27)/t13-/m0/s1. The number of fused-ring (bicyclic) bond motifs is 1. The summed E-state index contributed by atoms with van der Waals surface area (Å²) in [6, 6.07) is 9.56. The summed E-state index contributed by atoms with van der Waals surface area (Å²) in [4.78, 5) is 29.7. The van der Waals surface area contributed by atoms with Gasteiger partial charge in [-0.2, -0.15) is 0 Å². The molecular weight excluding hydrogens is 396 g/mol. The molecule has 1 aromatic heterocycles. The van der Waals surface area contributed by atoms with Crippen molar-refractivity contribution in [3.8, 4) is 0 Å². The number of carbonyl (C=O) groups is 1. The number of benzene rings is 2. The molecule has 1 N–H and O–H groups in total. The van der Waals surface area contributed by atoms with Crippen LogP contribution in [0.4, 0.5) is 8.78 Å². The fourth-order valence-electron chi connectivity index (χ4n) is 3.03. The molecule has 5 nitrogen and oxygen atoms in total. The largest absolute Gasteiger partial charge is 0.349 e. The number of para-hydroxylation sites is 1. The van der Waals surface area contributed by atoms with Crippen LogP contribution in [0, 0.1) is 11.6 Å².